The van der Waals surface area contributed by atoms with Gasteiger partial charge in [0.25, 0.3) is 0 Å². The third kappa shape index (κ3) is 4.75. The standard InChI is InChI=1S/C15H25ClN2S/c1-18(11-14-7-8-15(16)19-14)13(10-17)9-12-5-3-2-4-6-12/h7-8,12-13H,2-6,9-11,17H2,1H3. The maximum absolute atomic E-state index is 5.99. The minimum Gasteiger partial charge on any atom is -0.329 e. The first-order valence-electron chi connectivity index (χ1n) is 7.33. The van der Waals surface area contributed by atoms with E-state index in [0.29, 0.717) is 6.04 Å². The van der Waals surface area contributed by atoms with E-state index in [0.717, 1.165) is 23.3 Å². The number of likely N-dealkylation sites (N-methyl/N-ethyl adjacent to an activating group) is 1. The van der Waals surface area contributed by atoms with E-state index >= 15 is 0 Å². The zero-order valence-electron chi connectivity index (χ0n) is 11.8. The molecule has 2 N–H and O–H groups in total. The Morgan fingerprint density at radius 1 is 1.37 bits per heavy atom. The van der Waals surface area contributed by atoms with Gasteiger partial charge in [-0.1, -0.05) is 43.7 Å². The largest absolute Gasteiger partial charge is 0.329 e. The molecule has 0 aliphatic heterocycles. The van der Waals surface area contributed by atoms with Crippen molar-refractivity contribution in [1.29, 1.82) is 0 Å². The third-order valence-corrected chi connectivity index (χ3v) is 5.48. The van der Waals surface area contributed by atoms with E-state index in [1.54, 1.807) is 11.3 Å². The fourth-order valence-electron chi connectivity index (χ4n) is 3.08. The van der Waals surface area contributed by atoms with Gasteiger partial charge in [-0.25, -0.2) is 0 Å². The smallest absolute Gasteiger partial charge is 0.0931 e. The molecule has 2 rings (SSSR count). The average molecular weight is 301 g/mol. The summed E-state index contributed by atoms with van der Waals surface area (Å²) >= 11 is 7.66. The molecule has 1 aromatic heterocycles. The van der Waals surface area contributed by atoms with Crippen molar-refractivity contribution in [3.63, 3.8) is 0 Å². The summed E-state index contributed by atoms with van der Waals surface area (Å²) in [7, 11) is 2.19. The van der Waals surface area contributed by atoms with Gasteiger partial charge in [0.05, 0.1) is 4.34 Å². The molecular formula is C15H25ClN2S. The van der Waals surface area contributed by atoms with Crippen LogP contribution in [0.15, 0.2) is 12.1 Å². The number of hydrogen-bond donors (Lipinski definition) is 1. The van der Waals surface area contributed by atoms with Crippen molar-refractivity contribution in [2.45, 2.75) is 51.1 Å². The topological polar surface area (TPSA) is 29.3 Å². The normalized spacial score (nSPS) is 18.9. The van der Waals surface area contributed by atoms with Gasteiger partial charge in [0.2, 0.25) is 0 Å². The fourth-order valence-corrected chi connectivity index (χ4v) is 4.23. The number of rotatable bonds is 6. The number of halogens is 1. The first-order chi connectivity index (χ1) is 9.19. The Labute approximate surface area is 125 Å². The Morgan fingerprint density at radius 2 is 2.11 bits per heavy atom. The minimum atomic E-state index is 0.504. The second-order valence-electron chi connectivity index (χ2n) is 5.75. The van der Waals surface area contributed by atoms with Gasteiger partial charge in [0.1, 0.15) is 0 Å². The summed E-state index contributed by atoms with van der Waals surface area (Å²) < 4.78 is 0.875. The number of nitrogens with zero attached hydrogens (tertiary/aromatic N) is 1. The van der Waals surface area contributed by atoms with Crippen molar-refractivity contribution in [1.82, 2.24) is 4.90 Å². The first kappa shape index (κ1) is 15.3. The van der Waals surface area contributed by atoms with Crippen molar-refractivity contribution < 1.29 is 0 Å². The highest BCUT2D eigenvalue weighted by atomic mass is 35.5. The van der Waals surface area contributed by atoms with E-state index < -0.39 is 0 Å². The molecule has 1 aliphatic rings. The van der Waals surface area contributed by atoms with E-state index in [-0.39, 0.29) is 0 Å². The number of nitrogens with two attached hydrogens (primary N) is 1. The molecular weight excluding hydrogens is 276 g/mol. The van der Waals surface area contributed by atoms with Crippen LogP contribution < -0.4 is 5.73 Å². The van der Waals surface area contributed by atoms with Crippen LogP contribution in [0.3, 0.4) is 0 Å². The lowest BCUT2D eigenvalue weighted by Crippen LogP contribution is -2.39. The molecule has 1 aliphatic carbocycles. The van der Waals surface area contributed by atoms with Crippen molar-refractivity contribution >= 4 is 22.9 Å². The summed E-state index contributed by atoms with van der Waals surface area (Å²) in [5, 5.41) is 0. The number of thiophene rings is 1. The zero-order valence-corrected chi connectivity index (χ0v) is 13.3. The molecule has 1 heterocycles. The minimum absolute atomic E-state index is 0.504. The van der Waals surface area contributed by atoms with Crippen molar-refractivity contribution in [3.8, 4) is 0 Å². The van der Waals surface area contributed by atoms with Gasteiger partial charge in [-0.2, -0.15) is 0 Å². The van der Waals surface area contributed by atoms with Crippen molar-refractivity contribution in [2.75, 3.05) is 13.6 Å². The highest BCUT2D eigenvalue weighted by molar-refractivity contribution is 7.16. The molecule has 1 saturated carbocycles. The van der Waals surface area contributed by atoms with Crippen molar-refractivity contribution in [2.24, 2.45) is 11.7 Å². The highest BCUT2D eigenvalue weighted by Gasteiger charge is 2.21. The summed E-state index contributed by atoms with van der Waals surface area (Å²) in [6.07, 6.45) is 8.29. The molecule has 19 heavy (non-hydrogen) atoms. The molecule has 1 atom stereocenters. The van der Waals surface area contributed by atoms with E-state index in [9.17, 15) is 0 Å². The van der Waals surface area contributed by atoms with Crippen LogP contribution in [-0.2, 0) is 6.54 Å². The van der Waals surface area contributed by atoms with E-state index in [2.05, 4.69) is 18.0 Å². The molecule has 0 bridgehead atoms. The lowest BCUT2D eigenvalue weighted by atomic mass is 9.84. The van der Waals surface area contributed by atoms with Gasteiger partial charge in [-0.05, 0) is 31.5 Å². The third-order valence-electron chi connectivity index (χ3n) is 4.26. The molecule has 0 saturated heterocycles. The Morgan fingerprint density at radius 3 is 2.68 bits per heavy atom. The zero-order chi connectivity index (χ0) is 13.7. The molecule has 0 spiro atoms. The Balaban J connectivity index is 1.85. The van der Waals surface area contributed by atoms with Gasteiger partial charge in [0.15, 0.2) is 0 Å². The number of hydrogen-bond acceptors (Lipinski definition) is 3. The van der Waals surface area contributed by atoms with E-state index in [1.807, 2.05) is 6.07 Å². The predicted molar refractivity (Wildman–Crippen MR) is 84.8 cm³/mol. The second-order valence-corrected chi connectivity index (χ2v) is 7.55. The van der Waals surface area contributed by atoms with Gasteiger partial charge < -0.3 is 5.73 Å². The fraction of sp³-hybridized carbons (Fsp3) is 0.733. The monoisotopic (exact) mass is 300 g/mol. The maximum atomic E-state index is 5.99. The van der Waals surface area contributed by atoms with Crippen molar-refractivity contribution in [3.05, 3.63) is 21.3 Å². The lowest BCUT2D eigenvalue weighted by Gasteiger charge is -2.31. The molecule has 1 unspecified atom stereocenters. The van der Waals surface area contributed by atoms with Gasteiger partial charge >= 0.3 is 0 Å². The van der Waals surface area contributed by atoms with Gasteiger partial charge in [0, 0.05) is 24.0 Å². The van der Waals surface area contributed by atoms with Crippen LogP contribution >= 0.6 is 22.9 Å². The molecule has 4 heteroatoms. The van der Waals surface area contributed by atoms with Gasteiger partial charge in [-0.3, -0.25) is 4.90 Å². The molecule has 1 fully saturated rings. The molecule has 0 radical (unpaired) electrons. The van der Waals surface area contributed by atoms with Gasteiger partial charge in [-0.15, -0.1) is 11.3 Å². The van der Waals surface area contributed by atoms with Crippen LogP contribution in [0.2, 0.25) is 4.34 Å². The first-order valence-corrected chi connectivity index (χ1v) is 8.53. The van der Waals surface area contributed by atoms with Crippen LogP contribution in [0.5, 0.6) is 0 Å². The average Bonchev–Trinajstić information content (AvgIpc) is 2.82. The summed E-state index contributed by atoms with van der Waals surface area (Å²) in [5.41, 5.74) is 5.99. The van der Waals surface area contributed by atoms with E-state index in [4.69, 9.17) is 17.3 Å². The van der Waals surface area contributed by atoms with Crippen LogP contribution in [-0.4, -0.2) is 24.5 Å². The Hall–Kier alpha value is -0.0900. The SMILES string of the molecule is CN(Cc1ccc(Cl)s1)C(CN)CC1CCCCC1. The highest BCUT2D eigenvalue weighted by Crippen LogP contribution is 2.29. The Bertz CT molecular complexity index is 374. The summed E-state index contributed by atoms with van der Waals surface area (Å²) in [4.78, 5) is 3.73. The molecule has 108 valence electrons. The van der Waals surface area contributed by atoms with Crippen LogP contribution in [0, 0.1) is 5.92 Å². The summed E-state index contributed by atoms with van der Waals surface area (Å²) in [6.45, 7) is 1.72. The Kier molecular flexibility index (Phi) is 6.14. The van der Waals surface area contributed by atoms with Crippen LogP contribution in [0.25, 0.3) is 0 Å². The summed E-state index contributed by atoms with van der Waals surface area (Å²) in [5.74, 6) is 0.886. The quantitative estimate of drug-likeness (QED) is 0.856. The van der Waals surface area contributed by atoms with Crippen LogP contribution in [0.1, 0.15) is 43.4 Å². The van der Waals surface area contributed by atoms with E-state index in [1.165, 1.54) is 43.4 Å². The lowest BCUT2D eigenvalue weighted by molar-refractivity contribution is 0.186. The molecule has 0 aromatic carbocycles. The molecule has 2 nitrogen and oxygen atoms in total. The molecule has 1 aromatic rings. The molecule has 0 amide bonds. The summed E-state index contributed by atoms with van der Waals surface area (Å²) in [6, 6.07) is 4.61. The maximum Gasteiger partial charge on any atom is 0.0931 e. The second kappa shape index (κ2) is 7.63. The predicted octanol–water partition coefficient (Wildman–Crippen LogP) is 4.13. The van der Waals surface area contributed by atoms with Crippen LogP contribution in [0.4, 0.5) is 0 Å².